The molecule has 0 bridgehead atoms. The number of rotatable bonds is 7. The number of likely N-dealkylation sites (N-methyl/N-ethyl adjacent to an activating group) is 1. The van der Waals surface area contributed by atoms with Gasteiger partial charge < -0.3 is 19.6 Å². The zero-order valence-electron chi connectivity index (χ0n) is 11.0. The van der Waals surface area contributed by atoms with Crippen molar-refractivity contribution in [2.24, 2.45) is 0 Å². The van der Waals surface area contributed by atoms with Crippen LogP contribution in [0.4, 0.5) is 4.79 Å². The maximum absolute atomic E-state index is 11.9. The molecule has 0 aromatic rings. The molecule has 0 aliphatic carbocycles. The lowest BCUT2D eigenvalue weighted by molar-refractivity contribution is -0.143. The average molecular weight is 260 g/mol. The summed E-state index contributed by atoms with van der Waals surface area (Å²) in [5.41, 5.74) is 0. The fourth-order valence-electron chi connectivity index (χ4n) is 1.38. The van der Waals surface area contributed by atoms with E-state index in [0.717, 1.165) is 4.90 Å². The number of urea groups is 1. The summed E-state index contributed by atoms with van der Waals surface area (Å²) >= 11 is 0. The molecule has 104 valence electrons. The quantitative estimate of drug-likeness (QED) is 0.669. The predicted octanol–water partition coefficient (Wildman–Crippen LogP) is 0.398. The first-order chi connectivity index (χ1) is 8.42. The highest BCUT2D eigenvalue weighted by Gasteiger charge is 2.21. The Morgan fingerprint density at radius 2 is 1.78 bits per heavy atom. The van der Waals surface area contributed by atoms with Crippen LogP contribution in [0.1, 0.15) is 20.3 Å². The van der Waals surface area contributed by atoms with Gasteiger partial charge in [0.25, 0.3) is 0 Å². The van der Waals surface area contributed by atoms with Gasteiger partial charge in [-0.3, -0.25) is 9.59 Å². The molecule has 0 saturated heterocycles. The first-order valence-corrected chi connectivity index (χ1v) is 5.79. The van der Waals surface area contributed by atoms with Crippen LogP contribution in [-0.2, 0) is 14.3 Å². The number of carbonyl (C=O) groups is 3. The molecule has 7 nitrogen and oxygen atoms in total. The summed E-state index contributed by atoms with van der Waals surface area (Å²) in [5.74, 6) is -1.60. The molecule has 1 N–H and O–H groups in total. The van der Waals surface area contributed by atoms with Gasteiger partial charge in [-0.25, -0.2) is 4.79 Å². The van der Waals surface area contributed by atoms with Crippen molar-refractivity contribution >= 4 is 18.0 Å². The van der Waals surface area contributed by atoms with Crippen LogP contribution in [0, 0.1) is 0 Å². The number of hydrogen-bond acceptors (Lipinski definition) is 4. The lowest BCUT2D eigenvalue weighted by atomic mass is 10.4. The monoisotopic (exact) mass is 260 g/mol. The lowest BCUT2D eigenvalue weighted by Gasteiger charge is -2.26. The number of carboxylic acid groups (broad SMARTS) is 1. The van der Waals surface area contributed by atoms with Gasteiger partial charge in [-0.15, -0.1) is 0 Å². The van der Waals surface area contributed by atoms with Gasteiger partial charge >= 0.3 is 18.0 Å². The van der Waals surface area contributed by atoms with Crippen LogP contribution in [0.3, 0.4) is 0 Å². The van der Waals surface area contributed by atoms with Crippen molar-refractivity contribution in [3.63, 3.8) is 0 Å². The van der Waals surface area contributed by atoms with Crippen molar-refractivity contribution < 1.29 is 24.2 Å². The SMILES string of the molecule is CCCN(CC(=O)O)C(=O)N(C)CC(=O)OCC. The second-order valence-electron chi connectivity index (χ2n) is 3.76. The van der Waals surface area contributed by atoms with Gasteiger partial charge in [0.2, 0.25) is 0 Å². The van der Waals surface area contributed by atoms with Gasteiger partial charge in [0.1, 0.15) is 13.1 Å². The standard InChI is InChI=1S/C11H20N2O5/c1-4-6-13(7-9(14)15)11(17)12(3)8-10(16)18-5-2/h4-8H2,1-3H3,(H,14,15). The maximum atomic E-state index is 11.9. The summed E-state index contributed by atoms with van der Waals surface area (Å²) in [4.78, 5) is 36.1. The molecular weight excluding hydrogens is 240 g/mol. The van der Waals surface area contributed by atoms with Crippen LogP contribution < -0.4 is 0 Å². The van der Waals surface area contributed by atoms with Crippen LogP contribution in [0.25, 0.3) is 0 Å². The molecule has 0 atom stereocenters. The number of amides is 2. The third-order valence-corrected chi connectivity index (χ3v) is 2.09. The summed E-state index contributed by atoms with van der Waals surface area (Å²) in [5, 5.41) is 8.70. The average Bonchev–Trinajstić information content (AvgIpc) is 2.27. The zero-order valence-corrected chi connectivity index (χ0v) is 11.0. The topological polar surface area (TPSA) is 87.2 Å². The highest BCUT2D eigenvalue weighted by Crippen LogP contribution is 1.99. The Balaban J connectivity index is 4.45. The van der Waals surface area contributed by atoms with Gasteiger partial charge in [0.15, 0.2) is 0 Å². The second kappa shape index (κ2) is 8.32. The highest BCUT2D eigenvalue weighted by molar-refractivity contribution is 5.83. The van der Waals surface area contributed by atoms with Crippen LogP contribution in [-0.4, -0.2) is 66.2 Å². The minimum Gasteiger partial charge on any atom is -0.480 e. The van der Waals surface area contributed by atoms with Crippen molar-refractivity contribution in [2.45, 2.75) is 20.3 Å². The van der Waals surface area contributed by atoms with Crippen LogP contribution >= 0.6 is 0 Å². The Bertz CT molecular complexity index is 306. The van der Waals surface area contributed by atoms with E-state index in [2.05, 4.69) is 0 Å². The zero-order chi connectivity index (χ0) is 14.1. The Labute approximate surface area is 106 Å². The molecule has 0 aliphatic heterocycles. The van der Waals surface area contributed by atoms with E-state index in [1.165, 1.54) is 11.9 Å². The van der Waals surface area contributed by atoms with Crippen molar-refractivity contribution in [1.29, 1.82) is 0 Å². The predicted molar refractivity (Wildman–Crippen MR) is 64.2 cm³/mol. The number of hydrogen-bond donors (Lipinski definition) is 1. The van der Waals surface area contributed by atoms with Crippen LogP contribution in [0.5, 0.6) is 0 Å². The Hall–Kier alpha value is -1.79. The van der Waals surface area contributed by atoms with E-state index < -0.39 is 18.0 Å². The first-order valence-electron chi connectivity index (χ1n) is 5.79. The molecule has 0 rings (SSSR count). The maximum Gasteiger partial charge on any atom is 0.325 e. The van der Waals surface area contributed by atoms with E-state index in [0.29, 0.717) is 13.0 Å². The molecule has 0 spiro atoms. The first kappa shape index (κ1) is 16.2. The van der Waals surface area contributed by atoms with E-state index >= 15 is 0 Å². The summed E-state index contributed by atoms with van der Waals surface area (Å²) < 4.78 is 4.72. The molecule has 0 aromatic carbocycles. The van der Waals surface area contributed by atoms with E-state index in [1.54, 1.807) is 6.92 Å². The summed E-state index contributed by atoms with van der Waals surface area (Å²) in [6.07, 6.45) is 0.645. The van der Waals surface area contributed by atoms with Crippen molar-refractivity contribution in [1.82, 2.24) is 9.80 Å². The lowest BCUT2D eigenvalue weighted by Crippen LogP contribution is -2.45. The molecule has 18 heavy (non-hydrogen) atoms. The molecule has 0 saturated carbocycles. The molecule has 0 fully saturated rings. The van der Waals surface area contributed by atoms with E-state index in [1.807, 2.05) is 6.92 Å². The Morgan fingerprint density at radius 3 is 2.22 bits per heavy atom. The van der Waals surface area contributed by atoms with Gasteiger partial charge in [0.05, 0.1) is 6.61 Å². The van der Waals surface area contributed by atoms with Gasteiger partial charge in [0, 0.05) is 13.6 Å². The van der Waals surface area contributed by atoms with Gasteiger partial charge in [-0.05, 0) is 13.3 Å². The number of carboxylic acids is 1. The fraction of sp³-hybridized carbons (Fsp3) is 0.727. The van der Waals surface area contributed by atoms with E-state index in [-0.39, 0.29) is 19.7 Å². The van der Waals surface area contributed by atoms with E-state index in [4.69, 9.17) is 9.84 Å². The third-order valence-electron chi connectivity index (χ3n) is 2.09. The number of esters is 1. The largest absolute Gasteiger partial charge is 0.480 e. The molecular formula is C11H20N2O5. The highest BCUT2D eigenvalue weighted by atomic mass is 16.5. The van der Waals surface area contributed by atoms with Crippen molar-refractivity contribution in [2.75, 3.05) is 33.3 Å². The molecule has 0 aliphatic rings. The van der Waals surface area contributed by atoms with E-state index in [9.17, 15) is 14.4 Å². The Kier molecular flexibility index (Phi) is 7.50. The van der Waals surface area contributed by atoms with Crippen molar-refractivity contribution in [3.8, 4) is 0 Å². The number of aliphatic carboxylic acids is 1. The summed E-state index contributed by atoms with van der Waals surface area (Å²) in [6.45, 7) is 3.53. The third kappa shape index (κ3) is 6.07. The number of carbonyl (C=O) groups excluding carboxylic acids is 2. The summed E-state index contributed by atoms with van der Waals surface area (Å²) in [7, 11) is 1.43. The molecule has 0 radical (unpaired) electrons. The molecule has 7 heteroatoms. The fourth-order valence-corrected chi connectivity index (χ4v) is 1.38. The van der Waals surface area contributed by atoms with Gasteiger partial charge in [-0.1, -0.05) is 6.92 Å². The second-order valence-corrected chi connectivity index (χ2v) is 3.76. The van der Waals surface area contributed by atoms with Crippen molar-refractivity contribution in [3.05, 3.63) is 0 Å². The number of nitrogens with zero attached hydrogens (tertiary/aromatic N) is 2. The molecule has 0 heterocycles. The number of ether oxygens (including phenoxy) is 1. The van der Waals surface area contributed by atoms with Crippen LogP contribution in [0.15, 0.2) is 0 Å². The smallest absolute Gasteiger partial charge is 0.325 e. The molecule has 0 unspecified atom stereocenters. The Morgan fingerprint density at radius 1 is 1.17 bits per heavy atom. The molecule has 0 aromatic heterocycles. The minimum atomic E-state index is -1.08. The minimum absolute atomic E-state index is 0.188. The summed E-state index contributed by atoms with van der Waals surface area (Å²) in [6, 6.07) is -0.493. The molecule has 2 amide bonds. The van der Waals surface area contributed by atoms with Crippen LogP contribution in [0.2, 0.25) is 0 Å². The normalized spacial score (nSPS) is 9.72. The van der Waals surface area contributed by atoms with Gasteiger partial charge in [-0.2, -0.15) is 0 Å².